The minimum absolute atomic E-state index is 0.0494. The standard InChI is InChI=1S/C36H58O7/c1-31(2)14-16-36(30(42)29-28(41)27(40)26(39)22(19-37)43-29)17-15-34(6)20(21(36)18-31)8-9-24-33(5)12-11-25(38)32(3,4)23(33)10-13-35(24,34)7/h8,21-24,26-30,37,39-42H,9-19H2,1-7H3/t21?,22?,23?,24?,26-,27-,28?,29+,30?,33-,34+,35+,36-/m0/s1. The van der Waals surface area contributed by atoms with E-state index in [-0.39, 0.29) is 33.0 Å². The number of Topliss-reactive ketones (excluding diaryl/α,β-unsaturated/α-hetero) is 1. The maximum Gasteiger partial charge on any atom is 0.138 e. The highest BCUT2D eigenvalue weighted by Crippen LogP contribution is 2.76. The van der Waals surface area contributed by atoms with Gasteiger partial charge in [-0.15, -0.1) is 0 Å². The van der Waals surface area contributed by atoms with Crippen molar-refractivity contribution in [3.05, 3.63) is 11.6 Å². The normalized spacial score (nSPS) is 53.0. The number of carbonyl (C=O) groups excluding carboxylic acids is 1. The van der Waals surface area contributed by atoms with Gasteiger partial charge in [-0.2, -0.15) is 0 Å². The van der Waals surface area contributed by atoms with E-state index < -0.39 is 48.6 Å². The molecule has 13 atom stereocenters. The Bertz CT molecular complexity index is 1160. The summed E-state index contributed by atoms with van der Waals surface area (Å²) in [6.45, 7) is 16.0. The van der Waals surface area contributed by atoms with E-state index in [1.165, 1.54) is 5.57 Å². The van der Waals surface area contributed by atoms with Gasteiger partial charge in [0.25, 0.3) is 0 Å². The van der Waals surface area contributed by atoms with E-state index in [4.69, 9.17) is 4.74 Å². The van der Waals surface area contributed by atoms with Gasteiger partial charge in [-0.1, -0.05) is 60.1 Å². The zero-order valence-corrected chi connectivity index (χ0v) is 27.6. The van der Waals surface area contributed by atoms with Gasteiger partial charge >= 0.3 is 0 Å². The van der Waals surface area contributed by atoms with Gasteiger partial charge in [0.15, 0.2) is 0 Å². The Morgan fingerprint density at radius 2 is 1.56 bits per heavy atom. The number of aliphatic hydroxyl groups excluding tert-OH is 5. The second-order valence-corrected chi connectivity index (χ2v) is 17.8. The molecule has 1 heterocycles. The number of ketones is 1. The van der Waals surface area contributed by atoms with Crippen LogP contribution in [0.2, 0.25) is 0 Å². The van der Waals surface area contributed by atoms with E-state index in [2.05, 4.69) is 54.5 Å². The molecule has 0 aromatic carbocycles. The van der Waals surface area contributed by atoms with E-state index in [1.54, 1.807) is 0 Å². The van der Waals surface area contributed by atoms with Gasteiger partial charge < -0.3 is 30.3 Å². The number of rotatable bonds is 3. The number of carbonyl (C=O) groups is 1. The lowest BCUT2D eigenvalue weighted by Crippen LogP contribution is -2.68. The van der Waals surface area contributed by atoms with Crippen molar-refractivity contribution in [1.82, 2.24) is 0 Å². The van der Waals surface area contributed by atoms with Crippen LogP contribution in [0.25, 0.3) is 0 Å². The second-order valence-electron chi connectivity index (χ2n) is 17.8. The lowest BCUT2D eigenvalue weighted by molar-refractivity contribution is -0.272. The van der Waals surface area contributed by atoms with Crippen molar-refractivity contribution >= 4 is 5.78 Å². The first-order valence-electron chi connectivity index (χ1n) is 17.1. The topological polar surface area (TPSA) is 127 Å². The van der Waals surface area contributed by atoms with Gasteiger partial charge in [-0.05, 0) is 97.2 Å². The lowest BCUT2D eigenvalue weighted by atomic mass is 9.33. The maximum atomic E-state index is 13.1. The van der Waals surface area contributed by atoms with Crippen molar-refractivity contribution in [3.8, 4) is 0 Å². The summed E-state index contributed by atoms with van der Waals surface area (Å²) >= 11 is 0. The second kappa shape index (κ2) is 10.1. The van der Waals surface area contributed by atoms with Crippen LogP contribution in [0.1, 0.15) is 113 Å². The van der Waals surface area contributed by atoms with Gasteiger partial charge in [0, 0.05) is 17.3 Å². The van der Waals surface area contributed by atoms with E-state index in [0.29, 0.717) is 24.0 Å². The Balaban J connectivity index is 1.40. The predicted octanol–water partition coefficient (Wildman–Crippen LogP) is 4.56. The maximum absolute atomic E-state index is 13.1. The van der Waals surface area contributed by atoms with Gasteiger partial charge in [0.1, 0.15) is 36.3 Å². The van der Waals surface area contributed by atoms with Crippen molar-refractivity contribution in [2.24, 2.45) is 50.2 Å². The van der Waals surface area contributed by atoms with Crippen LogP contribution in [0.4, 0.5) is 0 Å². The number of hydrogen-bond donors (Lipinski definition) is 5. The smallest absolute Gasteiger partial charge is 0.138 e. The van der Waals surface area contributed by atoms with Crippen LogP contribution in [0.15, 0.2) is 11.6 Å². The molecule has 0 radical (unpaired) electrons. The van der Waals surface area contributed by atoms with Crippen LogP contribution >= 0.6 is 0 Å². The fraction of sp³-hybridized carbons (Fsp3) is 0.917. The van der Waals surface area contributed by atoms with Crippen LogP contribution in [-0.4, -0.2) is 74.5 Å². The van der Waals surface area contributed by atoms with E-state index in [1.807, 2.05) is 0 Å². The molecule has 43 heavy (non-hydrogen) atoms. The highest BCUT2D eigenvalue weighted by molar-refractivity contribution is 5.85. The first kappa shape index (κ1) is 32.1. The quantitative estimate of drug-likeness (QED) is 0.300. The Morgan fingerprint density at radius 3 is 2.23 bits per heavy atom. The van der Waals surface area contributed by atoms with Crippen molar-refractivity contribution in [2.75, 3.05) is 6.61 Å². The van der Waals surface area contributed by atoms with Crippen LogP contribution < -0.4 is 0 Å². The summed E-state index contributed by atoms with van der Waals surface area (Å²) in [6, 6.07) is 0. The molecule has 0 aromatic heterocycles. The summed E-state index contributed by atoms with van der Waals surface area (Å²) in [5.74, 6) is 1.40. The zero-order chi connectivity index (χ0) is 31.5. The van der Waals surface area contributed by atoms with Crippen molar-refractivity contribution in [1.29, 1.82) is 0 Å². The molecule has 4 saturated carbocycles. The van der Waals surface area contributed by atoms with Crippen LogP contribution in [0, 0.1) is 50.2 Å². The van der Waals surface area contributed by atoms with Crippen LogP contribution in [0.5, 0.6) is 0 Å². The Hall–Kier alpha value is -0.830. The van der Waals surface area contributed by atoms with Gasteiger partial charge in [0.05, 0.1) is 12.7 Å². The summed E-state index contributed by atoms with van der Waals surface area (Å²) in [6.07, 6.45) is 4.19. The Kier molecular flexibility index (Phi) is 7.53. The molecule has 5 N–H and O–H groups in total. The summed E-state index contributed by atoms with van der Waals surface area (Å²) in [5.41, 5.74) is 0.861. The van der Waals surface area contributed by atoms with Gasteiger partial charge in [-0.25, -0.2) is 0 Å². The summed E-state index contributed by atoms with van der Waals surface area (Å²) in [7, 11) is 0. The monoisotopic (exact) mass is 602 g/mol. The molecule has 5 aliphatic carbocycles. The van der Waals surface area contributed by atoms with Gasteiger partial charge in [0.2, 0.25) is 0 Å². The molecule has 6 unspecified atom stereocenters. The molecular weight excluding hydrogens is 544 g/mol. The Labute approximate surface area is 258 Å². The molecule has 1 aliphatic heterocycles. The first-order chi connectivity index (χ1) is 19.9. The third-order valence-electron chi connectivity index (χ3n) is 15.3. The molecule has 5 fully saturated rings. The highest BCUT2D eigenvalue weighted by atomic mass is 16.6. The molecule has 0 aromatic rings. The first-order valence-corrected chi connectivity index (χ1v) is 17.1. The third-order valence-corrected chi connectivity index (χ3v) is 15.3. The van der Waals surface area contributed by atoms with E-state index in [9.17, 15) is 30.3 Å². The van der Waals surface area contributed by atoms with Crippen molar-refractivity contribution in [2.45, 2.75) is 149 Å². The minimum atomic E-state index is -1.49. The SMILES string of the molecule is CC1(C)CC[C@]2(C(O)[C@@H]3OC(CO)[C@H](O)[C@H](O)C3O)CC[C@]3(C)C(=CCC4[C@@]5(C)CCC(=O)C(C)(C)C5CC[C@]43C)C2C1. The fourth-order valence-corrected chi connectivity index (χ4v) is 12.3. The lowest BCUT2D eigenvalue weighted by Gasteiger charge is -2.71. The van der Waals surface area contributed by atoms with Crippen molar-refractivity contribution in [3.63, 3.8) is 0 Å². The molecule has 244 valence electrons. The fourth-order valence-electron chi connectivity index (χ4n) is 12.3. The molecule has 6 aliphatic rings. The average molecular weight is 603 g/mol. The predicted molar refractivity (Wildman–Crippen MR) is 164 cm³/mol. The zero-order valence-electron chi connectivity index (χ0n) is 27.6. The molecule has 6 rings (SSSR count). The molecule has 0 spiro atoms. The van der Waals surface area contributed by atoms with Crippen LogP contribution in [0.3, 0.4) is 0 Å². The minimum Gasteiger partial charge on any atom is -0.394 e. The van der Waals surface area contributed by atoms with E-state index >= 15 is 0 Å². The number of ether oxygens (including phenoxy) is 1. The molecule has 0 amide bonds. The average Bonchev–Trinajstić information content (AvgIpc) is 2.94. The third kappa shape index (κ3) is 4.23. The number of aliphatic hydroxyl groups is 5. The molecule has 1 saturated heterocycles. The Morgan fingerprint density at radius 1 is 0.884 bits per heavy atom. The largest absolute Gasteiger partial charge is 0.394 e. The molecule has 0 bridgehead atoms. The molecular formula is C36H58O7. The number of fused-ring (bicyclic) bond motifs is 7. The summed E-state index contributed by atoms with van der Waals surface area (Å²) < 4.78 is 6.00. The van der Waals surface area contributed by atoms with Crippen molar-refractivity contribution < 1.29 is 35.1 Å². The summed E-state index contributed by atoms with van der Waals surface area (Å²) in [4.78, 5) is 13.1. The number of allylic oxidation sites excluding steroid dienone is 2. The highest BCUT2D eigenvalue weighted by Gasteiger charge is 2.69. The van der Waals surface area contributed by atoms with Gasteiger partial charge in [-0.3, -0.25) is 4.79 Å². The summed E-state index contributed by atoms with van der Waals surface area (Å²) in [5, 5.41) is 54.3. The van der Waals surface area contributed by atoms with Crippen LogP contribution in [-0.2, 0) is 9.53 Å². The molecule has 7 nitrogen and oxygen atoms in total. The number of hydrogen-bond acceptors (Lipinski definition) is 7. The molecule has 7 heteroatoms. The van der Waals surface area contributed by atoms with E-state index in [0.717, 1.165) is 57.8 Å².